The summed E-state index contributed by atoms with van der Waals surface area (Å²) in [5.74, 6) is 1.03. The SMILES string of the molecule is Cc1ccc([C@@H]2C[C@@H](c3ccccc3)n3nc(N)nc3N2)cc1. The van der Waals surface area contributed by atoms with Crippen molar-refractivity contribution in [3.8, 4) is 0 Å². The minimum atomic E-state index is 0.128. The summed E-state index contributed by atoms with van der Waals surface area (Å²) in [5, 5.41) is 7.83. The van der Waals surface area contributed by atoms with Crippen LogP contribution in [0.25, 0.3) is 0 Å². The van der Waals surface area contributed by atoms with Crippen molar-refractivity contribution >= 4 is 11.9 Å². The molecule has 0 bridgehead atoms. The van der Waals surface area contributed by atoms with Crippen molar-refractivity contribution in [2.24, 2.45) is 0 Å². The molecule has 0 radical (unpaired) electrons. The highest BCUT2D eigenvalue weighted by atomic mass is 15.4. The van der Waals surface area contributed by atoms with E-state index in [1.165, 1.54) is 16.7 Å². The molecule has 0 fully saturated rings. The van der Waals surface area contributed by atoms with Crippen LogP contribution in [-0.2, 0) is 0 Å². The molecule has 5 heteroatoms. The number of hydrogen-bond donors (Lipinski definition) is 2. The number of nitrogen functional groups attached to an aromatic ring is 1. The van der Waals surface area contributed by atoms with Gasteiger partial charge in [0.1, 0.15) is 0 Å². The van der Waals surface area contributed by atoms with Crippen LogP contribution in [-0.4, -0.2) is 14.8 Å². The number of rotatable bonds is 2. The molecular formula is C18H19N5. The van der Waals surface area contributed by atoms with Crippen LogP contribution >= 0.6 is 0 Å². The fourth-order valence-corrected chi connectivity index (χ4v) is 3.16. The topological polar surface area (TPSA) is 68.8 Å². The summed E-state index contributed by atoms with van der Waals surface area (Å²) in [4.78, 5) is 4.34. The Bertz CT molecular complexity index is 807. The summed E-state index contributed by atoms with van der Waals surface area (Å²) in [6.07, 6.45) is 0.906. The van der Waals surface area contributed by atoms with Crippen molar-refractivity contribution in [1.29, 1.82) is 0 Å². The quantitative estimate of drug-likeness (QED) is 0.762. The third kappa shape index (κ3) is 2.54. The zero-order chi connectivity index (χ0) is 15.8. The predicted molar refractivity (Wildman–Crippen MR) is 91.2 cm³/mol. The Balaban J connectivity index is 1.75. The molecule has 0 saturated carbocycles. The highest BCUT2D eigenvalue weighted by Gasteiger charge is 2.30. The Labute approximate surface area is 135 Å². The third-order valence-corrected chi connectivity index (χ3v) is 4.37. The van der Waals surface area contributed by atoms with E-state index in [9.17, 15) is 0 Å². The molecule has 2 heterocycles. The van der Waals surface area contributed by atoms with Gasteiger partial charge in [-0.25, -0.2) is 4.68 Å². The summed E-state index contributed by atoms with van der Waals surface area (Å²) < 4.78 is 1.90. The molecule has 0 amide bonds. The molecular weight excluding hydrogens is 286 g/mol. The van der Waals surface area contributed by atoms with Crippen LogP contribution in [0.5, 0.6) is 0 Å². The Hall–Kier alpha value is -2.82. The number of anilines is 2. The summed E-state index contributed by atoms with van der Waals surface area (Å²) in [6, 6.07) is 19.3. The minimum Gasteiger partial charge on any atom is -0.366 e. The zero-order valence-corrected chi connectivity index (χ0v) is 13.0. The van der Waals surface area contributed by atoms with Crippen LogP contribution in [0.3, 0.4) is 0 Å². The molecule has 0 unspecified atom stereocenters. The maximum atomic E-state index is 5.82. The number of fused-ring (bicyclic) bond motifs is 1. The monoisotopic (exact) mass is 305 g/mol. The molecule has 1 aromatic heterocycles. The van der Waals surface area contributed by atoms with Crippen LogP contribution in [0.1, 0.15) is 35.2 Å². The van der Waals surface area contributed by atoms with Gasteiger partial charge in [0.15, 0.2) is 0 Å². The van der Waals surface area contributed by atoms with Gasteiger partial charge in [0.05, 0.1) is 12.1 Å². The predicted octanol–water partition coefficient (Wildman–Crippen LogP) is 3.32. The first-order chi connectivity index (χ1) is 11.2. The molecule has 23 heavy (non-hydrogen) atoms. The molecule has 2 aromatic carbocycles. The van der Waals surface area contributed by atoms with E-state index in [1.54, 1.807) is 0 Å². The Morgan fingerprint density at radius 1 is 1.04 bits per heavy atom. The van der Waals surface area contributed by atoms with E-state index in [0.717, 1.165) is 12.4 Å². The second-order valence-corrected chi connectivity index (χ2v) is 6.01. The molecule has 0 aliphatic carbocycles. The van der Waals surface area contributed by atoms with Crippen LogP contribution in [0.15, 0.2) is 54.6 Å². The summed E-state index contributed by atoms with van der Waals surface area (Å²) in [6.45, 7) is 2.10. The molecule has 4 rings (SSSR count). The van der Waals surface area contributed by atoms with Gasteiger partial charge in [0.2, 0.25) is 11.9 Å². The number of aromatic nitrogens is 3. The van der Waals surface area contributed by atoms with Crippen molar-refractivity contribution in [2.75, 3.05) is 11.1 Å². The average Bonchev–Trinajstić information content (AvgIpc) is 2.95. The maximum absolute atomic E-state index is 5.82. The average molecular weight is 305 g/mol. The second-order valence-electron chi connectivity index (χ2n) is 6.01. The van der Waals surface area contributed by atoms with Gasteiger partial charge in [-0.15, -0.1) is 5.10 Å². The first-order valence-electron chi connectivity index (χ1n) is 7.81. The van der Waals surface area contributed by atoms with Gasteiger partial charge in [-0.2, -0.15) is 4.98 Å². The van der Waals surface area contributed by atoms with Gasteiger partial charge in [0, 0.05) is 0 Å². The fraction of sp³-hybridized carbons (Fsp3) is 0.222. The third-order valence-electron chi connectivity index (χ3n) is 4.37. The van der Waals surface area contributed by atoms with Gasteiger partial charge in [-0.1, -0.05) is 60.2 Å². The van der Waals surface area contributed by atoms with E-state index in [2.05, 4.69) is 70.9 Å². The molecule has 1 aliphatic heterocycles. The summed E-state index contributed by atoms with van der Waals surface area (Å²) in [7, 11) is 0. The first-order valence-corrected chi connectivity index (χ1v) is 7.81. The number of hydrogen-bond acceptors (Lipinski definition) is 4. The highest BCUT2D eigenvalue weighted by Crippen LogP contribution is 2.37. The second kappa shape index (κ2) is 5.43. The first kappa shape index (κ1) is 13.8. The van der Waals surface area contributed by atoms with E-state index in [1.807, 2.05) is 10.7 Å². The van der Waals surface area contributed by atoms with E-state index in [0.29, 0.717) is 5.95 Å². The normalized spacial score (nSPS) is 19.9. The number of nitrogens with one attached hydrogen (secondary N) is 1. The van der Waals surface area contributed by atoms with Gasteiger partial charge >= 0.3 is 0 Å². The van der Waals surface area contributed by atoms with E-state index in [-0.39, 0.29) is 12.1 Å². The largest absolute Gasteiger partial charge is 0.366 e. The molecule has 0 saturated heterocycles. The zero-order valence-electron chi connectivity index (χ0n) is 13.0. The van der Waals surface area contributed by atoms with Crippen molar-refractivity contribution in [3.63, 3.8) is 0 Å². The number of nitrogens with zero attached hydrogens (tertiary/aromatic N) is 3. The van der Waals surface area contributed by atoms with E-state index in [4.69, 9.17) is 5.73 Å². The van der Waals surface area contributed by atoms with Gasteiger partial charge in [-0.05, 0) is 24.5 Å². The molecule has 1 aliphatic rings. The Kier molecular flexibility index (Phi) is 3.26. The highest BCUT2D eigenvalue weighted by molar-refractivity contribution is 5.41. The van der Waals surface area contributed by atoms with Crippen molar-refractivity contribution in [3.05, 3.63) is 71.3 Å². The Morgan fingerprint density at radius 3 is 2.52 bits per heavy atom. The number of aryl methyl sites for hydroxylation is 1. The van der Waals surface area contributed by atoms with Gasteiger partial charge in [0.25, 0.3) is 0 Å². The van der Waals surface area contributed by atoms with Crippen molar-refractivity contribution < 1.29 is 0 Å². The smallest absolute Gasteiger partial charge is 0.241 e. The van der Waals surface area contributed by atoms with Crippen molar-refractivity contribution in [1.82, 2.24) is 14.8 Å². The lowest BCUT2D eigenvalue weighted by molar-refractivity contribution is 0.431. The standard InChI is InChI=1S/C18H19N5/c1-12-7-9-13(10-8-12)15-11-16(14-5-3-2-4-6-14)23-18(20-15)21-17(19)22-23/h2-10,15-16H,11H2,1H3,(H3,19,20,21,22)/t15-,16-/m0/s1. The minimum absolute atomic E-state index is 0.128. The van der Waals surface area contributed by atoms with Crippen LogP contribution in [0, 0.1) is 6.92 Å². The maximum Gasteiger partial charge on any atom is 0.241 e. The molecule has 2 atom stereocenters. The molecule has 3 N–H and O–H groups in total. The van der Waals surface area contributed by atoms with E-state index < -0.39 is 0 Å². The van der Waals surface area contributed by atoms with Gasteiger partial charge < -0.3 is 11.1 Å². The van der Waals surface area contributed by atoms with Gasteiger partial charge in [-0.3, -0.25) is 0 Å². The number of nitrogens with two attached hydrogens (primary N) is 1. The lowest BCUT2D eigenvalue weighted by Crippen LogP contribution is -2.28. The molecule has 0 spiro atoms. The lowest BCUT2D eigenvalue weighted by Gasteiger charge is -2.31. The fourth-order valence-electron chi connectivity index (χ4n) is 3.16. The Morgan fingerprint density at radius 2 is 1.78 bits per heavy atom. The van der Waals surface area contributed by atoms with Crippen LogP contribution in [0.2, 0.25) is 0 Å². The van der Waals surface area contributed by atoms with E-state index >= 15 is 0 Å². The summed E-state index contributed by atoms with van der Waals surface area (Å²) in [5.41, 5.74) is 9.55. The van der Waals surface area contributed by atoms with Crippen LogP contribution in [0.4, 0.5) is 11.9 Å². The van der Waals surface area contributed by atoms with Crippen LogP contribution < -0.4 is 11.1 Å². The summed E-state index contributed by atoms with van der Waals surface area (Å²) >= 11 is 0. The lowest BCUT2D eigenvalue weighted by atomic mass is 9.93. The molecule has 3 aromatic rings. The van der Waals surface area contributed by atoms with Crippen molar-refractivity contribution in [2.45, 2.75) is 25.4 Å². The molecule has 116 valence electrons. The molecule has 5 nitrogen and oxygen atoms in total. The number of benzene rings is 2.